The number of hydrogen-bond acceptors (Lipinski definition) is 3. The van der Waals surface area contributed by atoms with Crippen molar-refractivity contribution in [2.75, 3.05) is 26.7 Å². The zero-order valence-corrected chi connectivity index (χ0v) is 10.8. The van der Waals surface area contributed by atoms with Crippen LogP contribution in [0.3, 0.4) is 0 Å². The van der Waals surface area contributed by atoms with Crippen LogP contribution in [-0.2, 0) is 17.8 Å². The van der Waals surface area contributed by atoms with Crippen molar-refractivity contribution >= 4 is 0 Å². The molecule has 3 nitrogen and oxygen atoms in total. The molecule has 1 unspecified atom stereocenters. The minimum atomic E-state index is 0.365. The molecule has 94 valence electrons. The Hall–Kier alpha value is -0.900. The number of ether oxygens (including phenoxy) is 1. The lowest BCUT2D eigenvalue weighted by Crippen LogP contribution is -2.40. The van der Waals surface area contributed by atoms with E-state index in [4.69, 9.17) is 4.74 Å². The molecule has 3 heteroatoms. The second kappa shape index (κ2) is 6.15. The number of rotatable bonds is 4. The van der Waals surface area contributed by atoms with Gasteiger partial charge in [0.15, 0.2) is 0 Å². The molecule has 0 spiro atoms. The van der Waals surface area contributed by atoms with Gasteiger partial charge >= 0.3 is 0 Å². The molecule has 1 heterocycles. The van der Waals surface area contributed by atoms with Crippen LogP contribution in [0, 0.1) is 0 Å². The smallest absolute Gasteiger partial charge is 0.0674 e. The molecule has 0 radical (unpaired) electrons. The van der Waals surface area contributed by atoms with Crippen LogP contribution in [0.4, 0.5) is 0 Å². The fourth-order valence-electron chi connectivity index (χ4n) is 2.33. The van der Waals surface area contributed by atoms with Crippen molar-refractivity contribution in [3.05, 3.63) is 35.4 Å². The van der Waals surface area contributed by atoms with Crippen LogP contribution in [0.2, 0.25) is 0 Å². The fourth-order valence-corrected chi connectivity index (χ4v) is 2.33. The minimum Gasteiger partial charge on any atom is -0.376 e. The maximum atomic E-state index is 5.56. The first-order valence-electron chi connectivity index (χ1n) is 6.34. The average Bonchev–Trinajstić information content (AvgIpc) is 2.30. The van der Waals surface area contributed by atoms with E-state index in [1.54, 1.807) is 0 Å². The van der Waals surface area contributed by atoms with Gasteiger partial charge in [-0.1, -0.05) is 24.3 Å². The minimum absolute atomic E-state index is 0.365. The van der Waals surface area contributed by atoms with E-state index in [2.05, 4.69) is 41.4 Å². The third-order valence-corrected chi connectivity index (χ3v) is 3.10. The third-order valence-electron chi connectivity index (χ3n) is 3.10. The predicted octanol–water partition coefficient (Wildman–Crippen LogP) is 1.63. The molecule has 0 bridgehead atoms. The van der Waals surface area contributed by atoms with Gasteiger partial charge in [-0.3, -0.25) is 4.90 Å². The number of hydrogen-bond donors (Lipinski definition) is 1. The molecular formula is C14H22N2O. The van der Waals surface area contributed by atoms with E-state index in [0.717, 1.165) is 32.8 Å². The number of nitrogens with one attached hydrogen (secondary N) is 1. The van der Waals surface area contributed by atoms with Crippen molar-refractivity contribution < 1.29 is 4.74 Å². The van der Waals surface area contributed by atoms with Crippen molar-refractivity contribution in [2.24, 2.45) is 0 Å². The molecular weight excluding hydrogens is 212 g/mol. The quantitative estimate of drug-likeness (QED) is 0.857. The van der Waals surface area contributed by atoms with Crippen LogP contribution >= 0.6 is 0 Å². The van der Waals surface area contributed by atoms with Gasteiger partial charge in [0.05, 0.1) is 12.7 Å². The number of nitrogens with zero attached hydrogens (tertiary/aromatic N) is 1. The predicted molar refractivity (Wildman–Crippen MR) is 69.9 cm³/mol. The number of morpholine rings is 1. The summed E-state index contributed by atoms with van der Waals surface area (Å²) in [7, 11) is 1.98. The largest absolute Gasteiger partial charge is 0.376 e. The van der Waals surface area contributed by atoms with Crippen LogP contribution in [0.5, 0.6) is 0 Å². The summed E-state index contributed by atoms with van der Waals surface area (Å²) < 4.78 is 5.56. The van der Waals surface area contributed by atoms with Crippen LogP contribution < -0.4 is 5.32 Å². The zero-order valence-electron chi connectivity index (χ0n) is 10.8. The Morgan fingerprint density at radius 1 is 1.41 bits per heavy atom. The fraction of sp³-hybridized carbons (Fsp3) is 0.571. The van der Waals surface area contributed by atoms with E-state index < -0.39 is 0 Å². The van der Waals surface area contributed by atoms with Crippen LogP contribution in [0.25, 0.3) is 0 Å². The van der Waals surface area contributed by atoms with E-state index in [-0.39, 0.29) is 0 Å². The van der Waals surface area contributed by atoms with Crippen LogP contribution in [0.1, 0.15) is 18.1 Å². The molecule has 1 aliphatic rings. The van der Waals surface area contributed by atoms with Gasteiger partial charge in [0.1, 0.15) is 0 Å². The van der Waals surface area contributed by atoms with Gasteiger partial charge in [0.25, 0.3) is 0 Å². The molecule has 1 N–H and O–H groups in total. The Kier molecular flexibility index (Phi) is 4.54. The second-order valence-corrected chi connectivity index (χ2v) is 4.77. The number of benzene rings is 1. The van der Waals surface area contributed by atoms with Crippen molar-refractivity contribution in [3.63, 3.8) is 0 Å². The van der Waals surface area contributed by atoms with E-state index in [0.29, 0.717) is 6.10 Å². The average molecular weight is 234 g/mol. The molecule has 0 aliphatic carbocycles. The lowest BCUT2D eigenvalue weighted by Gasteiger charge is -2.31. The van der Waals surface area contributed by atoms with E-state index in [1.165, 1.54) is 11.1 Å². The van der Waals surface area contributed by atoms with E-state index in [1.807, 2.05) is 7.05 Å². The van der Waals surface area contributed by atoms with Crippen LogP contribution in [-0.4, -0.2) is 37.7 Å². The summed E-state index contributed by atoms with van der Waals surface area (Å²) in [4.78, 5) is 2.46. The maximum absolute atomic E-state index is 5.56. The van der Waals surface area contributed by atoms with Gasteiger partial charge in [-0.05, 0) is 25.1 Å². The first-order chi connectivity index (χ1) is 8.28. The van der Waals surface area contributed by atoms with Gasteiger partial charge in [0.2, 0.25) is 0 Å². The van der Waals surface area contributed by atoms with Gasteiger partial charge < -0.3 is 10.1 Å². The highest BCUT2D eigenvalue weighted by Gasteiger charge is 2.16. The molecule has 1 aliphatic heterocycles. The Morgan fingerprint density at radius 2 is 2.24 bits per heavy atom. The molecule has 0 amide bonds. The SMILES string of the molecule is CNCc1cccc(CN2CCOC(C)C2)c1. The summed E-state index contributed by atoms with van der Waals surface area (Å²) >= 11 is 0. The summed E-state index contributed by atoms with van der Waals surface area (Å²) in [6, 6.07) is 8.81. The van der Waals surface area contributed by atoms with Gasteiger partial charge in [-0.2, -0.15) is 0 Å². The summed E-state index contributed by atoms with van der Waals surface area (Å²) in [6.45, 7) is 7.05. The van der Waals surface area contributed by atoms with E-state index >= 15 is 0 Å². The van der Waals surface area contributed by atoms with Crippen LogP contribution in [0.15, 0.2) is 24.3 Å². The molecule has 1 fully saturated rings. The van der Waals surface area contributed by atoms with Crippen molar-refractivity contribution in [3.8, 4) is 0 Å². The first kappa shape index (κ1) is 12.6. The lowest BCUT2D eigenvalue weighted by molar-refractivity contribution is -0.0212. The zero-order chi connectivity index (χ0) is 12.1. The molecule has 1 aromatic carbocycles. The molecule has 1 aromatic rings. The highest BCUT2D eigenvalue weighted by Crippen LogP contribution is 2.11. The van der Waals surface area contributed by atoms with Crippen molar-refractivity contribution in [2.45, 2.75) is 26.1 Å². The molecule has 17 heavy (non-hydrogen) atoms. The summed E-state index contributed by atoms with van der Waals surface area (Å²) in [5.41, 5.74) is 2.75. The topological polar surface area (TPSA) is 24.5 Å². The summed E-state index contributed by atoms with van der Waals surface area (Å²) in [6.07, 6.45) is 0.365. The van der Waals surface area contributed by atoms with Crippen molar-refractivity contribution in [1.82, 2.24) is 10.2 Å². The summed E-state index contributed by atoms with van der Waals surface area (Å²) in [5, 5.41) is 3.19. The Morgan fingerprint density at radius 3 is 3.00 bits per heavy atom. The Labute approximate surface area is 104 Å². The highest BCUT2D eigenvalue weighted by atomic mass is 16.5. The third kappa shape index (κ3) is 3.80. The monoisotopic (exact) mass is 234 g/mol. The molecule has 0 saturated carbocycles. The Balaban J connectivity index is 1.95. The lowest BCUT2D eigenvalue weighted by atomic mass is 10.1. The highest BCUT2D eigenvalue weighted by molar-refractivity contribution is 5.23. The van der Waals surface area contributed by atoms with Gasteiger partial charge in [-0.15, -0.1) is 0 Å². The Bertz CT molecular complexity index is 354. The second-order valence-electron chi connectivity index (χ2n) is 4.77. The first-order valence-corrected chi connectivity index (χ1v) is 6.34. The summed E-state index contributed by atoms with van der Waals surface area (Å²) in [5.74, 6) is 0. The molecule has 0 aromatic heterocycles. The van der Waals surface area contributed by atoms with E-state index in [9.17, 15) is 0 Å². The molecule has 1 saturated heterocycles. The maximum Gasteiger partial charge on any atom is 0.0674 e. The molecule has 2 rings (SSSR count). The standard InChI is InChI=1S/C14H22N2O/c1-12-10-16(6-7-17-12)11-14-5-3-4-13(8-14)9-15-2/h3-5,8,12,15H,6-7,9-11H2,1-2H3. The van der Waals surface area contributed by atoms with Gasteiger partial charge in [-0.25, -0.2) is 0 Å². The van der Waals surface area contributed by atoms with Gasteiger partial charge in [0, 0.05) is 26.2 Å². The normalized spacial score (nSPS) is 21.6. The van der Waals surface area contributed by atoms with Crippen molar-refractivity contribution in [1.29, 1.82) is 0 Å². The molecule has 1 atom stereocenters.